The highest BCUT2D eigenvalue weighted by atomic mass is 79.9. The Balaban J connectivity index is 2.22. The minimum Gasteiger partial charge on any atom is -0.361 e. The molecule has 0 atom stereocenters. The van der Waals surface area contributed by atoms with Crippen LogP contribution in [0.1, 0.15) is 27.4 Å². The van der Waals surface area contributed by atoms with E-state index in [1.807, 2.05) is 0 Å². The molecule has 2 aromatic rings. The molecule has 1 aromatic heterocycles. The van der Waals surface area contributed by atoms with Crippen LogP contribution in [-0.4, -0.2) is 23.0 Å². The van der Waals surface area contributed by atoms with Crippen molar-refractivity contribution in [2.45, 2.75) is 20.4 Å². The molecular weight excluding hydrogens is 327 g/mol. The summed E-state index contributed by atoms with van der Waals surface area (Å²) in [7, 11) is 1.62. The van der Waals surface area contributed by atoms with Crippen LogP contribution in [0.3, 0.4) is 0 Å². The average Bonchev–Trinajstić information content (AvgIpc) is 2.72. The van der Waals surface area contributed by atoms with E-state index in [4.69, 9.17) is 4.52 Å². The van der Waals surface area contributed by atoms with Crippen molar-refractivity contribution in [1.29, 1.82) is 0 Å². The Morgan fingerprint density at radius 3 is 2.75 bits per heavy atom. The van der Waals surface area contributed by atoms with E-state index in [2.05, 4.69) is 21.1 Å². The molecule has 0 fully saturated rings. The number of hydrogen-bond donors (Lipinski definition) is 0. The molecule has 0 saturated heterocycles. The van der Waals surface area contributed by atoms with Crippen molar-refractivity contribution in [2.24, 2.45) is 0 Å². The van der Waals surface area contributed by atoms with Crippen LogP contribution >= 0.6 is 15.9 Å². The summed E-state index contributed by atoms with van der Waals surface area (Å²) < 4.78 is 19.5. The highest BCUT2D eigenvalue weighted by molar-refractivity contribution is 9.10. The molecule has 0 aliphatic carbocycles. The Morgan fingerprint density at radius 1 is 1.45 bits per heavy atom. The third kappa shape index (κ3) is 2.90. The molecule has 6 heteroatoms. The van der Waals surface area contributed by atoms with E-state index >= 15 is 0 Å². The fraction of sp³-hybridized carbons (Fsp3) is 0.286. The van der Waals surface area contributed by atoms with Crippen molar-refractivity contribution in [3.63, 3.8) is 0 Å². The Labute approximate surface area is 124 Å². The number of carbonyl (C=O) groups is 1. The van der Waals surface area contributed by atoms with Crippen molar-refractivity contribution < 1.29 is 13.7 Å². The summed E-state index contributed by atoms with van der Waals surface area (Å²) in [5.41, 5.74) is 1.42. The smallest absolute Gasteiger partial charge is 0.259 e. The maximum absolute atomic E-state index is 13.7. The molecule has 0 saturated carbocycles. The summed E-state index contributed by atoms with van der Waals surface area (Å²) in [5, 5.41) is 3.75. The summed E-state index contributed by atoms with van der Waals surface area (Å²) in [5.74, 6) is -0.110. The van der Waals surface area contributed by atoms with E-state index in [0.29, 0.717) is 22.6 Å². The van der Waals surface area contributed by atoms with Gasteiger partial charge in [0.05, 0.1) is 5.69 Å². The molecule has 0 bridgehead atoms. The topological polar surface area (TPSA) is 46.3 Å². The maximum atomic E-state index is 13.7. The van der Waals surface area contributed by atoms with E-state index in [-0.39, 0.29) is 18.3 Å². The van der Waals surface area contributed by atoms with Crippen LogP contribution in [0.5, 0.6) is 0 Å². The Kier molecular flexibility index (Phi) is 4.23. The predicted octanol–water partition coefficient (Wildman–Crippen LogP) is 3.47. The van der Waals surface area contributed by atoms with Crippen LogP contribution in [0.4, 0.5) is 4.39 Å². The van der Waals surface area contributed by atoms with Gasteiger partial charge in [0.1, 0.15) is 17.1 Å². The second-order valence-electron chi connectivity index (χ2n) is 4.60. The van der Waals surface area contributed by atoms with Gasteiger partial charge in [0, 0.05) is 23.6 Å². The van der Waals surface area contributed by atoms with Crippen molar-refractivity contribution in [3.05, 3.63) is 51.1 Å². The number of carbonyl (C=O) groups excluding carboxylic acids is 1. The van der Waals surface area contributed by atoms with Crippen LogP contribution in [-0.2, 0) is 6.54 Å². The van der Waals surface area contributed by atoms with E-state index in [0.717, 1.165) is 4.47 Å². The molecule has 0 spiro atoms. The molecule has 0 N–H and O–H groups in total. The normalized spacial score (nSPS) is 10.7. The van der Waals surface area contributed by atoms with Gasteiger partial charge in [-0.3, -0.25) is 4.79 Å². The first-order valence-electron chi connectivity index (χ1n) is 6.02. The molecule has 2 rings (SSSR count). The number of aromatic nitrogens is 1. The van der Waals surface area contributed by atoms with Gasteiger partial charge in [0.2, 0.25) is 0 Å². The number of nitrogens with zero attached hydrogens (tertiary/aromatic N) is 2. The molecular formula is C14H14BrFN2O2. The van der Waals surface area contributed by atoms with Crippen molar-refractivity contribution in [1.82, 2.24) is 10.1 Å². The van der Waals surface area contributed by atoms with Gasteiger partial charge in [-0.15, -0.1) is 0 Å². The van der Waals surface area contributed by atoms with E-state index in [1.165, 1.54) is 11.0 Å². The standard InChI is InChI=1S/C14H14BrFN2O2/c1-8-13(9(2)20-17-8)14(19)18(3)7-10-6-11(15)4-5-12(10)16/h4-6H,7H2,1-3H3. The van der Waals surface area contributed by atoms with Crippen LogP contribution in [0.15, 0.2) is 27.2 Å². The third-order valence-electron chi connectivity index (χ3n) is 3.01. The molecule has 1 amide bonds. The molecule has 0 aliphatic heterocycles. The zero-order valence-corrected chi connectivity index (χ0v) is 13.0. The first kappa shape index (κ1) is 14.7. The number of rotatable bonds is 3. The second-order valence-corrected chi connectivity index (χ2v) is 5.51. The van der Waals surface area contributed by atoms with Crippen LogP contribution in [0.2, 0.25) is 0 Å². The maximum Gasteiger partial charge on any atom is 0.259 e. The minimum atomic E-state index is -0.341. The van der Waals surface area contributed by atoms with Crippen LogP contribution in [0, 0.1) is 19.7 Å². The molecule has 0 radical (unpaired) electrons. The van der Waals surface area contributed by atoms with Gasteiger partial charge in [0.15, 0.2) is 0 Å². The van der Waals surface area contributed by atoms with Crippen molar-refractivity contribution in [2.75, 3.05) is 7.05 Å². The summed E-state index contributed by atoms with van der Waals surface area (Å²) in [4.78, 5) is 13.8. The lowest BCUT2D eigenvalue weighted by atomic mass is 10.1. The highest BCUT2D eigenvalue weighted by Gasteiger charge is 2.21. The second kappa shape index (κ2) is 5.75. The quantitative estimate of drug-likeness (QED) is 0.859. The number of amides is 1. The van der Waals surface area contributed by atoms with Gasteiger partial charge in [-0.25, -0.2) is 4.39 Å². The van der Waals surface area contributed by atoms with Gasteiger partial charge in [0.25, 0.3) is 5.91 Å². The fourth-order valence-corrected chi connectivity index (χ4v) is 2.38. The minimum absolute atomic E-state index is 0.175. The van der Waals surface area contributed by atoms with Gasteiger partial charge in [-0.1, -0.05) is 21.1 Å². The van der Waals surface area contributed by atoms with E-state index in [9.17, 15) is 9.18 Å². The summed E-state index contributed by atoms with van der Waals surface area (Å²) in [6.45, 7) is 3.56. The number of hydrogen-bond acceptors (Lipinski definition) is 3. The Hall–Kier alpha value is -1.69. The van der Waals surface area contributed by atoms with Gasteiger partial charge in [-0.2, -0.15) is 0 Å². The predicted molar refractivity (Wildman–Crippen MR) is 75.9 cm³/mol. The largest absolute Gasteiger partial charge is 0.361 e. The zero-order chi connectivity index (χ0) is 14.9. The lowest BCUT2D eigenvalue weighted by Gasteiger charge is -2.17. The Morgan fingerprint density at radius 2 is 2.15 bits per heavy atom. The molecule has 0 unspecified atom stereocenters. The first-order valence-corrected chi connectivity index (χ1v) is 6.81. The number of aryl methyl sites for hydroxylation is 2. The summed E-state index contributed by atoms with van der Waals surface area (Å²) >= 11 is 3.29. The zero-order valence-electron chi connectivity index (χ0n) is 11.4. The summed E-state index contributed by atoms with van der Waals surface area (Å²) in [6.07, 6.45) is 0. The molecule has 4 nitrogen and oxygen atoms in total. The molecule has 1 aromatic carbocycles. The van der Waals surface area contributed by atoms with E-state index < -0.39 is 0 Å². The molecule has 20 heavy (non-hydrogen) atoms. The highest BCUT2D eigenvalue weighted by Crippen LogP contribution is 2.19. The molecule has 106 valence electrons. The lowest BCUT2D eigenvalue weighted by Crippen LogP contribution is -2.27. The third-order valence-corrected chi connectivity index (χ3v) is 3.50. The fourth-order valence-electron chi connectivity index (χ4n) is 1.97. The van der Waals surface area contributed by atoms with Crippen molar-refractivity contribution in [3.8, 4) is 0 Å². The van der Waals surface area contributed by atoms with Gasteiger partial charge in [-0.05, 0) is 32.0 Å². The number of halogens is 2. The van der Waals surface area contributed by atoms with E-state index in [1.54, 1.807) is 33.0 Å². The molecule has 1 heterocycles. The SMILES string of the molecule is Cc1noc(C)c1C(=O)N(C)Cc1cc(Br)ccc1F. The average molecular weight is 341 g/mol. The first-order chi connectivity index (χ1) is 9.40. The van der Waals surface area contributed by atoms with Gasteiger partial charge < -0.3 is 9.42 Å². The van der Waals surface area contributed by atoms with Crippen molar-refractivity contribution >= 4 is 21.8 Å². The monoisotopic (exact) mass is 340 g/mol. The Bertz CT molecular complexity index is 635. The summed E-state index contributed by atoms with van der Waals surface area (Å²) in [6, 6.07) is 4.65. The van der Waals surface area contributed by atoms with Crippen LogP contribution < -0.4 is 0 Å². The lowest BCUT2D eigenvalue weighted by molar-refractivity contribution is 0.0781. The molecule has 0 aliphatic rings. The number of benzene rings is 1. The van der Waals surface area contributed by atoms with Gasteiger partial charge >= 0.3 is 0 Å². The van der Waals surface area contributed by atoms with Crippen LogP contribution in [0.25, 0.3) is 0 Å².